The van der Waals surface area contributed by atoms with E-state index in [0.717, 1.165) is 5.56 Å². The Labute approximate surface area is 360 Å². The van der Waals surface area contributed by atoms with Gasteiger partial charge in [0.25, 0.3) is 0 Å². The van der Waals surface area contributed by atoms with Gasteiger partial charge in [0.2, 0.25) is 0 Å². The SMILES string of the molecule is C#Cc1ccccc1.Cc1ccc([PH+](c2ccc(C)cc2)c2ccccc2[PH+](c2ccccc2)c2ccccc2[PH+](c2ccc(C)cc2)c2ccc(C)cc2)cc1.[Ni]. The molecule has 0 fully saturated rings. The van der Waals surface area contributed by atoms with Crippen LogP contribution in [0.1, 0.15) is 27.8 Å². The second-order valence-corrected chi connectivity index (χ2v) is 21.8. The summed E-state index contributed by atoms with van der Waals surface area (Å²) in [5.74, 6) is 2.53. The number of benzene rings is 8. The van der Waals surface area contributed by atoms with E-state index in [1.807, 2.05) is 30.3 Å². The van der Waals surface area contributed by atoms with Crippen LogP contribution in [0.25, 0.3) is 0 Å². The second-order valence-electron chi connectivity index (χ2n) is 14.6. The van der Waals surface area contributed by atoms with E-state index in [9.17, 15) is 0 Å². The van der Waals surface area contributed by atoms with Gasteiger partial charge in [-0.1, -0.05) is 137 Å². The summed E-state index contributed by atoms with van der Waals surface area (Å²) >= 11 is 0. The summed E-state index contributed by atoms with van der Waals surface area (Å²) in [6.45, 7) is 8.74. The molecule has 0 bridgehead atoms. The van der Waals surface area contributed by atoms with Gasteiger partial charge in [0.05, 0.1) is 0 Å². The number of hydrogen-bond acceptors (Lipinski definition) is 0. The van der Waals surface area contributed by atoms with Crippen molar-refractivity contribution in [2.75, 3.05) is 0 Å². The van der Waals surface area contributed by atoms with Crippen molar-refractivity contribution in [3.63, 3.8) is 0 Å². The molecule has 0 heterocycles. The van der Waals surface area contributed by atoms with Crippen LogP contribution in [-0.4, -0.2) is 0 Å². The van der Waals surface area contributed by atoms with E-state index in [4.69, 9.17) is 6.42 Å². The molecule has 0 saturated carbocycles. The monoisotopic (exact) mass is 849 g/mol. The van der Waals surface area contributed by atoms with Crippen molar-refractivity contribution in [3.05, 3.63) is 234 Å². The molecule has 0 aliphatic carbocycles. The van der Waals surface area contributed by atoms with Crippen molar-refractivity contribution >= 4 is 71.5 Å². The Kier molecular flexibility index (Phi) is 15.2. The second kappa shape index (κ2) is 20.7. The van der Waals surface area contributed by atoms with Crippen LogP contribution in [0.3, 0.4) is 0 Å². The van der Waals surface area contributed by atoms with Crippen LogP contribution in [0.4, 0.5) is 0 Å². The molecule has 0 N–H and O–H groups in total. The molecule has 4 heteroatoms. The molecule has 8 aromatic rings. The fourth-order valence-corrected chi connectivity index (χ4v) is 16.6. The Bertz CT molecular complexity index is 2310. The summed E-state index contributed by atoms with van der Waals surface area (Å²) in [5, 5.41) is 13.1. The Morgan fingerprint density at radius 1 is 0.293 bits per heavy atom. The van der Waals surface area contributed by atoms with Crippen molar-refractivity contribution in [1.82, 2.24) is 0 Å². The molecule has 0 saturated heterocycles. The fraction of sp³-hybridized carbons (Fsp3) is 0.0741. The normalized spacial score (nSPS) is 10.7. The molecule has 0 unspecified atom stereocenters. The van der Waals surface area contributed by atoms with E-state index >= 15 is 0 Å². The van der Waals surface area contributed by atoms with Crippen molar-refractivity contribution in [1.29, 1.82) is 0 Å². The van der Waals surface area contributed by atoms with Gasteiger partial charge in [-0.25, -0.2) is 0 Å². The maximum atomic E-state index is 5.10. The van der Waals surface area contributed by atoms with Crippen molar-refractivity contribution in [2.45, 2.75) is 27.7 Å². The van der Waals surface area contributed by atoms with Gasteiger partial charge in [0.15, 0.2) is 0 Å². The predicted molar refractivity (Wildman–Crippen MR) is 260 cm³/mol. The summed E-state index contributed by atoms with van der Waals surface area (Å²) in [7, 11) is -4.06. The first kappa shape index (κ1) is 42.7. The van der Waals surface area contributed by atoms with Crippen LogP contribution in [-0.2, 0) is 16.5 Å². The molecule has 8 aromatic carbocycles. The summed E-state index contributed by atoms with van der Waals surface area (Å²) in [6.07, 6.45) is 5.10. The molecule has 0 radical (unpaired) electrons. The molecule has 0 atom stereocenters. The molecule has 0 amide bonds. The Morgan fingerprint density at radius 2 is 0.534 bits per heavy atom. The number of aryl methyl sites for hydroxylation is 4. The number of terminal acetylenes is 1. The van der Waals surface area contributed by atoms with Crippen molar-refractivity contribution in [2.24, 2.45) is 0 Å². The van der Waals surface area contributed by atoms with E-state index in [-0.39, 0.29) is 16.5 Å². The van der Waals surface area contributed by atoms with Gasteiger partial charge < -0.3 is 0 Å². The molecule has 0 aliphatic rings. The molecule has 0 spiro atoms. The van der Waals surface area contributed by atoms with Crippen LogP contribution >= 0.6 is 23.8 Å². The zero-order chi connectivity index (χ0) is 39.6. The maximum absolute atomic E-state index is 5.10. The summed E-state index contributed by atoms with van der Waals surface area (Å²) in [4.78, 5) is 0. The van der Waals surface area contributed by atoms with Crippen LogP contribution in [0.2, 0.25) is 0 Å². The molecule has 58 heavy (non-hydrogen) atoms. The predicted octanol–water partition coefficient (Wildman–Crippen LogP) is 9.06. The van der Waals surface area contributed by atoms with Gasteiger partial charge >= 0.3 is 0 Å². The van der Waals surface area contributed by atoms with Gasteiger partial charge in [-0.2, -0.15) is 0 Å². The number of rotatable bonds is 9. The van der Waals surface area contributed by atoms with E-state index in [1.54, 1.807) is 0 Å². The van der Waals surface area contributed by atoms with E-state index in [1.165, 1.54) is 70.0 Å². The third-order valence-corrected chi connectivity index (χ3v) is 19.2. The largest absolute Gasteiger partial charge is 0.144 e. The summed E-state index contributed by atoms with van der Waals surface area (Å²) in [6, 6.07) is 77.0. The van der Waals surface area contributed by atoms with E-state index < -0.39 is 23.8 Å². The third kappa shape index (κ3) is 10.4. The first-order valence-corrected chi connectivity index (χ1v) is 24.1. The average molecular weight is 851 g/mol. The van der Waals surface area contributed by atoms with Gasteiger partial charge in [0, 0.05) is 22.1 Å². The topological polar surface area (TPSA) is 0 Å². The first-order chi connectivity index (χ1) is 27.9. The minimum Gasteiger partial charge on any atom is -0.115 e. The quantitative estimate of drug-likeness (QED) is 0.0774. The Hall–Kier alpha value is -4.90. The fourth-order valence-electron chi connectivity index (χ4n) is 7.27. The van der Waals surface area contributed by atoms with Gasteiger partial charge in [-0.05, 0) is 125 Å². The Morgan fingerprint density at radius 3 is 0.810 bits per heavy atom. The standard InChI is InChI=1S/C46H41P3.C8H6.Ni/c1-34-18-26-39(27-19-34)47(40-28-20-35(2)21-29-40)43-14-8-10-16-45(43)49(38-12-6-5-7-13-38)46-17-11-9-15-44(46)48(41-30-22-36(3)23-31-41)42-32-24-37(4)25-33-42;1-2-8-6-4-3-5-7-8;/h5-33H,1-4H3;1,3-7H;/p+3. The number of hydrogen-bond donors (Lipinski definition) is 0. The zero-order valence-corrected chi connectivity index (χ0v) is 37.5. The molecule has 0 nitrogen and oxygen atoms in total. The minimum absolute atomic E-state index is 0. The van der Waals surface area contributed by atoms with Crippen molar-refractivity contribution < 1.29 is 16.5 Å². The molecule has 0 aliphatic heterocycles. The van der Waals surface area contributed by atoms with E-state index in [2.05, 4.69) is 210 Å². The molecule has 0 aromatic heterocycles. The van der Waals surface area contributed by atoms with Gasteiger partial charge in [-0.15, -0.1) is 6.42 Å². The smallest absolute Gasteiger partial charge is 0.115 e. The minimum atomic E-state index is -1.44. The van der Waals surface area contributed by atoms with Crippen LogP contribution < -0.4 is 47.7 Å². The molecule has 8 rings (SSSR count). The molecule has 288 valence electrons. The van der Waals surface area contributed by atoms with E-state index in [0.29, 0.717) is 0 Å². The Balaban J connectivity index is 0.000000564. The first-order valence-electron chi connectivity index (χ1n) is 19.6. The van der Waals surface area contributed by atoms with Crippen LogP contribution in [0, 0.1) is 40.0 Å². The molecular weight excluding hydrogens is 800 g/mol. The van der Waals surface area contributed by atoms with Gasteiger partial charge in [-0.3, -0.25) is 0 Å². The summed E-state index contributed by atoms with van der Waals surface area (Å²) in [5.41, 5.74) is 6.13. The van der Waals surface area contributed by atoms with Crippen molar-refractivity contribution in [3.8, 4) is 12.3 Å². The van der Waals surface area contributed by atoms with Crippen LogP contribution in [0.5, 0.6) is 0 Å². The zero-order valence-electron chi connectivity index (χ0n) is 33.5. The third-order valence-electron chi connectivity index (χ3n) is 10.3. The summed E-state index contributed by atoms with van der Waals surface area (Å²) < 4.78 is 0. The average Bonchev–Trinajstić information content (AvgIpc) is 3.26. The maximum Gasteiger partial charge on any atom is 0.144 e. The molecular formula is C54H50NiP3+3. The van der Waals surface area contributed by atoms with Gasteiger partial charge in [0.1, 0.15) is 71.5 Å². The van der Waals surface area contributed by atoms with Crippen LogP contribution in [0.15, 0.2) is 206 Å².